The van der Waals surface area contributed by atoms with Gasteiger partial charge in [-0.3, -0.25) is 24.1 Å². The smallest absolute Gasteiger partial charge is 0.255 e. The van der Waals surface area contributed by atoms with Gasteiger partial charge in [-0.15, -0.1) is 0 Å². The zero-order valence-corrected chi connectivity index (χ0v) is 20.0. The molecule has 1 amide bonds. The fourth-order valence-corrected chi connectivity index (χ4v) is 6.18. The van der Waals surface area contributed by atoms with Crippen LogP contribution in [0.3, 0.4) is 0 Å². The molecule has 13 heteroatoms. The molecule has 9 N–H and O–H groups in total. The van der Waals surface area contributed by atoms with Gasteiger partial charge in [-0.1, -0.05) is 0 Å². The summed E-state index contributed by atoms with van der Waals surface area (Å²) in [5, 5.41) is 43.0. The molecule has 3 aliphatic rings. The monoisotopic (exact) mass is 513 g/mol. The Bertz CT molecular complexity index is 1460. The molecule has 0 spiro atoms. The zero-order chi connectivity index (χ0) is 28.0. The zero-order valence-electron chi connectivity index (χ0n) is 20.0. The summed E-state index contributed by atoms with van der Waals surface area (Å²) >= 11 is 0. The minimum atomic E-state index is -2.82. The third-order valence-corrected chi connectivity index (χ3v) is 7.58. The summed E-state index contributed by atoms with van der Waals surface area (Å²) in [5.41, 5.74) is 9.02. The van der Waals surface area contributed by atoms with Crippen molar-refractivity contribution in [3.05, 3.63) is 45.5 Å². The molecule has 0 radical (unpaired) electrons. The van der Waals surface area contributed by atoms with E-state index >= 15 is 0 Å². The number of primary amides is 1. The van der Waals surface area contributed by atoms with E-state index in [4.69, 9.17) is 17.2 Å². The number of nitriles is 1. The SMILES string of the molecule is CC(=O)c1cc(F)c(O)c2c1C[C@@]1(N)C[C@@]3(N)[C@H](N(C)C)C(=O)C(C(N)=O)=C(O)[C@@]3(C#N)C(=O)C1=C2O. The molecule has 0 aromatic heterocycles. The highest BCUT2D eigenvalue weighted by Crippen LogP contribution is 2.58. The van der Waals surface area contributed by atoms with E-state index in [9.17, 15) is 44.2 Å². The number of aromatic hydroxyl groups is 1. The number of aliphatic hydroxyl groups excluding tert-OH is 2. The standard InChI is InChI=1S/C24H24FN5O7/c1-8(31)9-4-11(25)15(32)12-10(9)5-22(28)6-24(29)18(30(2)3)17(34)13(21(27)37)19(35)23(24,7-26)20(36)14(22)16(12)33/h4,18,32-33,35H,5-6,28-29H2,1-3H3,(H2,27,37)/t18-,22-,23+,24-/m1/s1. The van der Waals surface area contributed by atoms with Crippen LogP contribution in [0.4, 0.5) is 4.39 Å². The minimum absolute atomic E-state index is 0.0721. The van der Waals surface area contributed by atoms with Crippen LogP contribution in [0.15, 0.2) is 23.0 Å². The number of ketones is 3. The van der Waals surface area contributed by atoms with Gasteiger partial charge in [-0.25, -0.2) is 4.39 Å². The van der Waals surface area contributed by atoms with Crippen LogP contribution in [-0.2, 0) is 20.8 Å². The summed E-state index contributed by atoms with van der Waals surface area (Å²) in [5.74, 6) is -9.11. The van der Waals surface area contributed by atoms with E-state index in [1.165, 1.54) is 19.0 Å². The first-order valence-electron chi connectivity index (χ1n) is 11.0. The lowest BCUT2D eigenvalue weighted by molar-refractivity contribution is -0.139. The highest BCUT2D eigenvalue weighted by molar-refractivity contribution is 6.25. The number of nitrogens with zero attached hydrogens (tertiary/aromatic N) is 2. The normalized spacial score (nSPS) is 31.0. The van der Waals surface area contributed by atoms with E-state index in [2.05, 4.69) is 0 Å². The van der Waals surface area contributed by atoms with Gasteiger partial charge in [0.25, 0.3) is 5.91 Å². The first-order chi connectivity index (χ1) is 17.0. The van der Waals surface area contributed by atoms with E-state index in [1.807, 2.05) is 0 Å². The molecular weight excluding hydrogens is 489 g/mol. The number of phenols is 1. The molecule has 0 heterocycles. The van der Waals surface area contributed by atoms with Crippen molar-refractivity contribution in [2.75, 3.05) is 14.1 Å². The molecule has 0 bridgehead atoms. The molecule has 0 aliphatic heterocycles. The van der Waals surface area contributed by atoms with Crippen molar-refractivity contribution in [1.82, 2.24) is 4.90 Å². The first-order valence-corrected chi connectivity index (χ1v) is 11.0. The molecule has 4 rings (SSSR count). The van der Waals surface area contributed by atoms with E-state index in [1.54, 1.807) is 6.07 Å². The summed E-state index contributed by atoms with van der Waals surface area (Å²) in [6, 6.07) is 0.843. The average molecular weight is 513 g/mol. The van der Waals surface area contributed by atoms with Crippen LogP contribution in [0.25, 0.3) is 5.76 Å². The number of carbonyl (C=O) groups excluding carboxylic acids is 4. The highest BCUT2D eigenvalue weighted by Gasteiger charge is 2.74. The summed E-state index contributed by atoms with van der Waals surface area (Å²) in [7, 11) is 2.78. The second kappa shape index (κ2) is 7.69. The van der Waals surface area contributed by atoms with Gasteiger partial charge in [0.05, 0.1) is 34.3 Å². The van der Waals surface area contributed by atoms with Gasteiger partial charge in [-0.05, 0) is 45.5 Å². The number of fused-ring (bicyclic) bond motifs is 3. The summed E-state index contributed by atoms with van der Waals surface area (Å²) in [6.45, 7) is 1.12. The number of carbonyl (C=O) groups is 4. The number of halogens is 1. The van der Waals surface area contributed by atoms with Gasteiger partial charge in [0.2, 0.25) is 0 Å². The molecule has 1 aromatic rings. The predicted molar refractivity (Wildman–Crippen MR) is 124 cm³/mol. The molecule has 12 nitrogen and oxygen atoms in total. The summed E-state index contributed by atoms with van der Waals surface area (Å²) in [4.78, 5) is 53.1. The van der Waals surface area contributed by atoms with Crippen LogP contribution in [0.2, 0.25) is 0 Å². The number of benzene rings is 1. The summed E-state index contributed by atoms with van der Waals surface area (Å²) < 4.78 is 14.5. The summed E-state index contributed by atoms with van der Waals surface area (Å²) in [6.07, 6.45) is -1.03. The van der Waals surface area contributed by atoms with Crippen LogP contribution in [0.5, 0.6) is 5.75 Å². The third kappa shape index (κ3) is 2.91. The quantitative estimate of drug-likeness (QED) is 0.217. The van der Waals surface area contributed by atoms with Crippen molar-refractivity contribution in [3.8, 4) is 11.8 Å². The van der Waals surface area contributed by atoms with Crippen molar-refractivity contribution < 1.29 is 38.9 Å². The molecule has 3 aliphatic carbocycles. The van der Waals surface area contributed by atoms with Crippen LogP contribution in [-0.4, -0.2) is 74.7 Å². The Hall–Kier alpha value is -4.12. The van der Waals surface area contributed by atoms with Crippen molar-refractivity contribution in [1.29, 1.82) is 5.26 Å². The van der Waals surface area contributed by atoms with Crippen molar-refractivity contribution in [2.45, 2.75) is 36.9 Å². The van der Waals surface area contributed by atoms with E-state index < -0.39 is 98.4 Å². The van der Waals surface area contributed by atoms with E-state index in [0.29, 0.717) is 0 Å². The van der Waals surface area contributed by atoms with Crippen LogP contribution >= 0.6 is 0 Å². The van der Waals surface area contributed by atoms with Gasteiger partial charge >= 0.3 is 0 Å². The Labute approximate surface area is 209 Å². The molecule has 0 saturated heterocycles. The topological polar surface area (TPSA) is 234 Å². The van der Waals surface area contributed by atoms with E-state index in [-0.39, 0.29) is 11.1 Å². The van der Waals surface area contributed by atoms with Crippen LogP contribution < -0.4 is 17.2 Å². The first kappa shape index (κ1) is 26.0. The maximum atomic E-state index is 14.5. The Morgan fingerprint density at radius 2 is 1.81 bits per heavy atom. The minimum Gasteiger partial charge on any atom is -0.509 e. The number of Topliss-reactive ketones (excluding diaryl/α,β-unsaturated/α-hetero) is 3. The van der Waals surface area contributed by atoms with Crippen molar-refractivity contribution in [3.63, 3.8) is 0 Å². The Kier molecular flexibility index (Phi) is 5.39. The largest absolute Gasteiger partial charge is 0.509 e. The Morgan fingerprint density at radius 1 is 1.22 bits per heavy atom. The van der Waals surface area contributed by atoms with Gasteiger partial charge in [-0.2, -0.15) is 5.26 Å². The van der Waals surface area contributed by atoms with Crippen LogP contribution in [0, 0.1) is 22.6 Å². The number of rotatable bonds is 3. The van der Waals surface area contributed by atoms with Gasteiger partial charge in [0.15, 0.2) is 34.3 Å². The predicted octanol–water partition coefficient (Wildman–Crippen LogP) is -0.753. The second-order valence-corrected chi connectivity index (χ2v) is 9.95. The molecular formula is C24H24FN5O7. The fraction of sp³-hybridized carbons (Fsp3) is 0.375. The third-order valence-electron chi connectivity index (χ3n) is 7.58. The molecule has 1 saturated carbocycles. The number of aliphatic hydroxyl groups is 2. The van der Waals surface area contributed by atoms with E-state index in [0.717, 1.165) is 13.0 Å². The number of amides is 1. The van der Waals surface area contributed by atoms with Crippen molar-refractivity contribution in [2.24, 2.45) is 22.6 Å². The number of nitrogens with two attached hydrogens (primary N) is 3. The molecule has 4 atom stereocenters. The highest BCUT2D eigenvalue weighted by atomic mass is 19.1. The number of hydrogen-bond donors (Lipinski definition) is 6. The lowest BCUT2D eigenvalue weighted by Gasteiger charge is -2.58. The number of hydrogen-bond acceptors (Lipinski definition) is 11. The Balaban J connectivity index is 2.17. The Morgan fingerprint density at radius 3 is 2.30 bits per heavy atom. The van der Waals surface area contributed by atoms with Gasteiger partial charge in [0, 0.05) is 5.56 Å². The maximum absolute atomic E-state index is 14.5. The van der Waals surface area contributed by atoms with Gasteiger partial charge in [0.1, 0.15) is 17.1 Å². The molecule has 1 aromatic carbocycles. The number of likely N-dealkylation sites (N-methyl/N-ethyl adjacent to an activating group) is 1. The van der Waals surface area contributed by atoms with Crippen LogP contribution in [0.1, 0.15) is 34.8 Å². The molecule has 0 unspecified atom stereocenters. The van der Waals surface area contributed by atoms with Gasteiger partial charge < -0.3 is 32.5 Å². The second-order valence-electron chi connectivity index (χ2n) is 9.95. The maximum Gasteiger partial charge on any atom is 0.255 e. The molecule has 1 fully saturated rings. The van der Waals surface area contributed by atoms with Crippen molar-refractivity contribution >= 4 is 29.0 Å². The number of phenolic OH excluding ortho intramolecular Hbond substituents is 1. The average Bonchev–Trinajstić information content (AvgIpc) is 2.74. The lowest BCUT2D eigenvalue weighted by Crippen LogP contribution is -2.80. The lowest BCUT2D eigenvalue weighted by atomic mass is 9.47. The molecule has 37 heavy (non-hydrogen) atoms. The molecule has 194 valence electrons. The fourth-order valence-electron chi connectivity index (χ4n) is 6.18.